The van der Waals surface area contributed by atoms with Crippen LogP contribution in [0.5, 0.6) is 0 Å². The number of halogens is 1. The first-order valence-corrected chi connectivity index (χ1v) is 5.41. The van der Waals surface area contributed by atoms with Gasteiger partial charge in [-0.15, -0.1) is 0 Å². The van der Waals surface area contributed by atoms with Crippen LogP contribution >= 0.6 is 11.6 Å². The predicted molar refractivity (Wildman–Crippen MR) is 61.0 cm³/mol. The molecule has 0 amide bonds. The number of anilines is 2. The number of aromatic nitrogens is 4. The van der Waals surface area contributed by atoms with E-state index in [1.54, 1.807) is 6.20 Å². The van der Waals surface area contributed by atoms with Crippen LogP contribution in [0.1, 0.15) is 5.56 Å². The van der Waals surface area contributed by atoms with Gasteiger partial charge in [0.1, 0.15) is 23.1 Å². The average Bonchev–Trinajstić information content (AvgIpc) is 2.84. The first-order chi connectivity index (χ1) is 7.77. The summed E-state index contributed by atoms with van der Waals surface area (Å²) in [5, 5.41) is 4.73. The Morgan fingerprint density at radius 3 is 3.06 bits per heavy atom. The van der Waals surface area contributed by atoms with Crippen molar-refractivity contribution < 1.29 is 0 Å². The molecule has 0 spiro atoms. The van der Waals surface area contributed by atoms with Crippen LogP contribution in [0.3, 0.4) is 0 Å². The van der Waals surface area contributed by atoms with E-state index in [1.807, 2.05) is 17.7 Å². The summed E-state index contributed by atoms with van der Waals surface area (Å²) in [6.07, 6.45) is 3.28. The average molecular weight is 236 g/mol. The highest BCUT2D eigenvalue weighted by molar-refractivity contribution is 6.30. The lowest BCUT2D eigenvalue weighted by molar-refractivity contribution is 0.692. The molecule has 0 saturated carbocycles. The van der Waals surface area contributed by atoms with Gasteiger partial charge in [0.15, 0.2) is 0 Å². The summed E-state index contributed by atoms with van der Waals surface area (Å²) >= 11 is 5.99. The van der Waals surface area contributed by atoms with Gasteiger partial charge in [-0.3, -0.25) is 0 Å². The molecule has 82 valence electrons. The number of hydrogen-bond acceptors (Lipinski definition) is 4. The smallest absolute Gasteiger partial charge is 0.142 e. The van der Waals surface area contributed by atoms with E-state index in [9.17, 15) is 0 Å². The summed E-state index contributed by atoms with van der Waals surface area (Å²) in [5.74, 6) is 1.91. The third kappa shape index (κ3) is 1.28. The van der Waals surface area contributed by atoms with Gasteiger partial charge in [0.25, 0.3) is 0 Å². The van der Waals surface area contributed by atoms with Gasteiger partial charge in [0.05, 0.1) is 12.7 Å². The second-order valence-corrected chi connectivity index (χ2v) is 4.04. The summed E-state index contributed by atoms with van der Waals surface area (Å²) < 4.78 is 1.95. The fraction of sp³-hybridized carbons (Fsp3) is 0.300. The Morgan fingerprint density at radius 1 is 1.31 bits per heavy atom. The van der Waals surface area contributed by atoms with Crippen LogP contribution < -0.4 is 4.90 Å². The van der Waals surface area contributed by atoms with Crippen molar-refractivity contribution in [2.75, 3.05) is 11.4 Å². The van der Waals surface area contributed by atoms with Gasteiger partial charge in [-0.1, -0.05) is 11.6 Å². The molecular formula is C10H10ClN5. The highest BCUT2D eigenvalue weighted by Gasteiger charge is 2.23. The minimum Gasteiger partial charge on any atom is -0.309 e. The van der Waals surface area contributed by atoms with Crippen LogP contribution in [0.4, 0.5) is 11.6 Å². The maximum absolute atomic E-state index is 5.99. The van der Waals surface area contributed by atoms with Crippen molar-refractivity contribution in [3.63, 3.8) is 0 Å². The monoisotopic (exact) mass is 235 g/mol. The SMILES string of the molecule is Cc1c(Cl)ncnc1N1CCn2nccc21. The molecule has 0 atom stereocenters. The minimum atomic E-state index is 0.503. The van der Waals surface area contributed by atoms with Crippen molar-refractivity contribution in [2.24, 2.45) is 0 Å². The molecule has 0 radical (unpaired) electrons. The molecule has 5 nitrogen and oxygen atoms in total. The Balaban J connectivity index is 2.09. The maximum Gasteiger partial charge on any atom is 0.142 e. The zero-order valence-corrected chi connectivity index (χ0v) is 9.52. The van der Waals surface area contributed by atoms with Crippen molar-refractivity contribution >= 4 is 23.2 Å². The van der Waals surface area contributed by atoms with Gasteiger partial charge < -0.3 is 4.90 Å². The Kier molecular flexibility index (Phi) is 2.07. The number of rotatable bonds is 1. The van der Waals surface area contributed by atoms with Crippen LogP contribution in [0.25, 0.3) is 0 Å². The normalized spacial score (nSPS) is 14.2. The second-order valence-electron chi connectivity index (χ2n) is 3.68. The molecule has 2 aromatic heterocycles. The molecule has 2 aromatic rings. The third-order valence-electron chi connectivity index (χ3n) is 2.76. The Bertz CT molecular complexity index is 536. The van der Waals surface area contributed by atoms with Crippen molar-refractivity contribution in [1.82, 2.24) is 19.7 Å². The molecule has 6 heteroatoms. The fourth-order valence-electron chi connectivity index (χ4n) is 1.94. The molecule has 0 N–H and O–H groups in total. The van der Waals surface area contributed by atoms with Crippen molar-refractivity contribution in [3.05, 3.63) is 29.3 Å². The van der Waals surface area contributed by atoms with Crippen LogP contribution in [0.15, 0.2) is 18.6 Å². The Labute approximate surface area is 97.7 Å². The molecule has 1 aliphatic rings. The first kappa shape index (κ1) is 9.59. The molecule has 3 heterocycles. The van der Waals surface area contributed by atoms with E-state index in [0.717, 1.165) is 30.3 Å². The largest absolute Gasteiger partial charge is 0.309 e. The van der Waals surface area contributed by atoms with Gasteiger partial charge in [-0.05, 0) is 6.92 Å². The summed E-state index contributed by atoms with van der Waals surface area (Å²) in [5.41, 5.74) is 0.902. The van der Waals surface area contributed by atoms with E-state index in [-0.39, 0.29) is 0 Å². The van der Waals surface area contributed by atoms with Crippen LogP contribution in [-0.4, -0.2) is 26.3 Å². The first-order valence-electron chi connectivity index (χ1n) is 5.04. The fourth-order valence-corrected chi connectivity index (χ4v) is 2.07. The molecule has 1 aliphatic heterocycles. The number of hydrogen-bond donors (Lipinski definition) is 0. The second kappa shape index (κ2) is 3.45. The van der Waals surface area contributed by atoms with Crippen molar-refractivity contribution in [1.29, 1.82) is 0 Å². The van der Waals surface area contributed by atoms with Gasteiger partial charge in [0, 0.05) is 18.2 Å². The number of nitrogens with zero attached hydrogens (tertiary/aromatic N) is 5. The molecule has 0 aromatic carbocycles. The lowest BCUT2D eigenvalue weighted by atomic mass is 10.3. The van der Waals surface area contributed by atoms with Crippen LogP contribution in [-0.2, 0) is 6.54 Å². The minimum absolute atomic E-state index is 0.503. The highest BCUT2D eigenvalue weighted by Crippen LogP contribution is 2.31. The zero-order valence-electron chi connectivity index (χ0n) is 8.76. The lowest BCUT2D eigenvalue weighted by Gasteiger charge is -2.17. The Morgan fingerprint density at radius 2 is 2.19 bits per heavy atom. The van der Waals surface area contributed by atoms with E-state index < -0.39 is 0 Å². The number of fused-ring (bicyclic) bond motifs is 1. The predicted octanol–water partition coefficient (Wildman–Crippen LogP) is 1.79. The van der Waals surface area contributed by atoms with Gasteiger partial charge in [-0.2, -0.15) is 5.10 Å². The highest BCUT2D eigenvalue weighted by atomic mass is 35.5. The molecule has 0 fully saturated rings. The van der Waals surface area contributed by atoms with E-state index in [1.165, 1.54) is 6.33 Å². The van der Waals surface area contributed by atoms with Crippen molar-refractivity contribution in [2.45, 2.75) is 13.5 Å². The van der Waals surface area contributed by atoms with Gasteiger partial charge >= 0.3 is 0 Å². The standard InChI is InChI=1S/C10H10ClN5/c1-7-9(11)12-6-13-10(7)15-4-5-16-8(15)2-3-14-16/h2-3,6H,4-5H2,1H3. The summed E-state index contributed by atoms with van der Waals surface area (Å²) in [6, 6.07) is 1.97. The summed E-state index contributed by atoms with van der Waals surface area (Å²) in [6.45, 7) is 3.68. The molecule has 16 heavy (non-hydrogen) atoms. The molecule has 0 unspecified atom stereocenters. The zero-order chi connectivity index (χ0) is 11.1. The molecule has 0 bridgehead atoms. The quantitative estimate of drug-likeness (QED) is 0.707. The van der Waals surface area contributed by atoms with E-state index in [2.05, 4.69) is 20.0 Å². The third-order valence-corrected chi connectivity index (χ3v) is 3.14. The van der Waals surface area contributed by atoms with Crippen LogP contribution in [0.2, 0.25) is 5.15 Å². The van der Waals surface area contributed by atoms with E-state index >= 15 is 0 Å². The van der Waals surface area contributed by atoms with Crippen molar-refractivity contribution in [3.8, 4) is 0 Å². The topological polar surface area (TPSA) is 46.8 Å². The molecular weight excluding hydrogens is 226 g/mol. The molecule has 3 rings (SSSR count). The van der Waals surface area contributed by atoms with E-state index in [0.29, 0.717) is 5.15 Å². The van der Waals surface area contributed by atoms with Gasteiger partial charge in [-0.25, -0.2) is 14.6 Å². The summed E-state index contributed by atoms with van der Waals surface area (Å²) in [4.78, 5) is 10.4. The van der Waals surface area contributed by atoms with E-state index in [4.69, 9.17) is 11.6 Å². The maximum atomic E-state index is 5.99. The lowest BCUT2D eigenvalue weighted by Crippen LogP contribution is -2.16. The van der Waals surface area contributed by atoms with Gasteiger partial charge in [0.2, 0.25) is 0 Å². The Hall–Kier alpha value is -1.62. The molecule has 0 aliphatic carbocycles. The summed E-state index contributed by atoms with van der Waals surface area (Å²) in [7, 11) is 0. The molecule has 0 saturated heterocycles. The van der Waals surface area contributed by atoms with Crippen LogP contribution in [0, 0.1) is 6.92 Å².